The summed E-state index contributed by atoms with van der Waals surface area (Å²) >= 11 is 0. The molecule has 0 saturated carbocycles. The summed E-state index contributed by atoms with van der Waals surface area (Å²) in [6.07, 6.45) is 6.89. The lowest BCUT2D eigenvalue weighted by molar-refractivity contribution is 0.0730. The van der Waals surface area contributed by atoms with Gasteiger partial charge in [0.15, 0.2) is 0 Å². The largest absolute Gasteiger partial charge is 0.381 e. The van der Waals surface area contributed by atoms with Gasteiger partial charge in [-0.15, -0.1) is 0 Å². The molecular formula is C16H24N4O2. The number of carbonyl (C=O) groups is 1. The van der Waals surface area contributed by atoms with Gasteiger partial charge in [-0.3, -0.25) is 14.4 Å². The molecule has 6 nitrogen and oxygen atoms in total. The second-order valence-electron chi connectivity index (χ2n) is 6.84. The summed E-state index contributed by atoms with van der Waals surface area (Å²) in [5, 5.41) is 4.12. The van der Waals surface area contributed by atoms with Gasteiger partial charge in [-0.05, 0) is 25.2 Å². The van der Waals surface area contributed by atoms with Crippen molar-refractivity contribution in [2.45, 2.75) is 31.3 Å². The fraction of sp³-hybridized carbons (Fsp3) is 0.750. The Balaban J connectivity index is 1.42. The fourth-order valence-electron chi connectivity index (χ4n) is 4.31. The van der Waals surface area contributed by atoms with Crippen molar-refractivity contribution in [1.82, 2.24) is 19.6 Å². The minimum absolute atomic E-state index is 0.145. The molecule has 1 unspecified atom stereocenters. The summed E-state index contributed by atoms with van der Waals surface area (Å²) in [7, 11) is 1.85. The Bertz CT molecular complexity index is 552. The van der Waals surface area contributed by atoms with Crippen molar-refractivity contribution in [3.8, 4) is 0 Å². The minimum atomic E-state index is 0.145. The topological polar surface area (TPSA) is 50.6 Å². The van der Waals surface area contributed by atoms with E-state index < -0.39 is 0 Å². The van der Waals surface area contributed by atoms with Gasteiger partial charge in [0.2, 0.25) is 0 Å². The van der Waals surface area contributed by atoms with Crippen LogP contribution in [0.1, 0.15) is 29.6 Å². The molecule has 0 N–H and O–H groups in total. The van der Waals surface area contributed by atoms with E-state index in [1.807, 2.05) is 13.2 Å². The number of fused-ring (bicyclic) bond motifs is 1. The quantitative estimate of drug-likeness (QED) is 0.827. The highest BCUT2D eigenvalue weighted by Crippen LogP contribution is 2.33. The SMILES string of the molecule is Cn1cc(C(=O)N2CC[C@@H]3[C@H]2CCN3CC2CCOC2)cn1. The van der Waals surface area contributed by atoms with E-state index in [9.17, 15) is 4.79 Å². The van der Waals surface area contributed by atoms with Gasteiger partial charge in [-0.2, -0.15) is 5.10 Å². The molecule has 4 heterocycles. The van der Waals surface area contributed by atoms with Crippen molar-refractivity contribution in [1.29, 1.82) is 0 Å². The van der Waals surface area contributed by atoms with Crippen LogP contribution in [0.5, 0.6) is 0 Å². The van der Waals surface area contributed by atoms with E-state index in [-0.39, 0.29) is 5.91 Å². The number of hydrogen-bond donors (Lipinski definition) is 0. The van der Waals surface area contributed by atoms with E-state index in [1.54, 1.807) is 10.9 Å². The molecule has 3 aliphatic heterocycles. The molecule has 1 aromatic heterocycles. The number of amides is 1. The summed E-state index contributed by atoms with van der Waals surface area (Å²) in [6.45, 7) is 4.95. The number of likely N-dealkylation sites (tertiary alicyclic amines) is 2. The Hall–Kier alpha value is -1.40. The Morgan fingerprint density at radius 2 is 2.18 bits per heavy atom. The number of nitrogens with zero attached hydrogens (tertiary/aromatic N) is 4. The first-order valence-electron chi connectivity index (χ1n) is 8.34. The summed E-state index contributed by atoms with van der Waals surface area (Å²) in [4.78, 5) is 17.4. The molecule has 0 bridgehead atoms. The Morgan fingerprint density at radius 3 is 2.91 bits per heavy atom. The lowest BCUT2D eigenvalue weighted by Crippen LogP contribution is -2.40. The summed E-state index contributed by atoms with van der Waals surface area (Å²) < 4.78 is 7.19. The zero-order valence-electron chi connectivity index (χ0n) is 13.1. The van der Waals surface area contributed by atoms with Crippen molar-refractivity contribution in [2.24, 2.45) is 13.0 Å². The van der Waals surface area contributed by atoms with Crippen LogP contribution in [0.2, 0.25) is 0 Å². The second-order valence-corrected chi connectivity index (χ2v) is 6.84. The standard InChI is InChI=1S/C16H24N4O2/c1-18-10-13(8-17-18)16(21)20-6-3-14-15(20)2-5-19(14)9-12-4-7-22-11-12/h8,10,12,14-15H,2-7,9,11H2,1H3/t12?,14-,15-/m1/s1. The third kappa shape index (κ3) is 2.44. The molecule has 3 fully saturated rings. The smallest absolute Gasteiger partial charge is 0.257 e. The number of aromatic nitrogens is 2. The van der Waals surface area contributed by atoms with E-state index >= 15 is 0 Å². The van der Waals surface area contributed by atoms with Gasteiger partial charge in [0.25, 0.3) is 5.91 Å². The number of hydrogen-bond acceptors (Lipinski definition) is 4. The van der Waals surface area contributed by atoms with Crippen molar-refractivity contribution in [3.05, 3.63) is 18.0 Å². The molecule has 1 aromatic rings. The maximum atomic E-state index is 12.7. The Kier molecular flexibility index (Phi) is 3.66. The van der Waals surface area contributed by atoms with Crippen LogP contribution in [0.25, 0.3) is 0 Å². The van der Waals surface area contributed by atoms with Gasteiger partial charge in [0.1, 0.15) is 0 Å². The maximum Gasteiger partial charge on any atom is 0.257 e. The van der Waals surface area contributed by atoms with Crippen molar-refractivity contribution < 1.29 is 9.53 Å². The van der Waals surface area contributed by atoms with Gasteiger partial charge < -0.3 is 9.64 Å². The highest BCUT2D eigenvalue weighted by molar-refractivity contribution is 5.94. The first kappa shape index (κ1) is 14.2. The number of carbonyl (C=O) groups excluding carboxylic acids is 1. The molecule has 0 spiro atoms. The van der Waals surface area contributed by atoms with Crippen LogP contribution in [-0.2, 0) is 11.8 Å². The minimum Gasteiger partial charge on any atom is -0.381 e. The van der Waals surface area contributed by atoms with Crippen molar-refractivity contribution in [2.75, 3.05) is 32.8 Å². The number of ether oxygens (including phenoxy) is 1. The van der Waals surface area contributed by atoms with Crippen LogP contribution >= 0.6 is 0 Å². The maximum absolute atomic E-state index is 12.7. The predicted molar refractivity (Wildman–Crippen MR) is 81.6 cm³/mol. The fourth-order valence-corrected chi connectivity index (χ4v) is 4.31. The van der Waals surface area contributed by atoms with Gasteiger partial charge in [0.05, 0.1) is 18.4 Å². The van der Waals surface area contributed by atoms with Gasteiger partial charge in [-0.25, -0.2) is 0 Å². The highest BCUT2D eigenvalue weighted by atomic mass is 16.5. The Morgan fingerprint density at radius 1 is 1.32 bits per heavy atom. The molecule has 0 aliphatic carbocycles. The Labute approximate surface area is 131 Å². The van der Waals surface area contributed by atoms with E-state index in [2.05, 4.69) is 14.9 Å². The molecule has 3 atom stereocenters. The second kappa shape index (κ2) is 5.66. The first-order chi connectivity index (χ1) is 10.7. The van der Waals surface area contributed by atoms with Crippen molar-refractivity contribution >= 4 is 5.91 Å². The normalized spacial score (nSPS) is 31.9. The molecule has 0 radical (unpaired) electrons. The van der Waals surface area contributed by atoms with Gasteiger partial charge in [-0.1, -0.05) is 0 Å². The summed E-state index contributed by atoms with van der Waals surface area (Å²) in [5.41, 5.74) is 0.714. The lowest BCUT2D eigenvalue weighted by atomic mass is 10.1. The van der Waals surface area contributed by atoms with Crippen LogP contribution < -0.4 is 0 Å². The number of rotatable bonds is 3. The summed E-state index contributed by atoms with van der Waals surface area (Å²) in [6, 6.07) is 0.927. The molecule has 120 valence electrons. The molecule has 0 aromatic carbocycles. The first-order valence-corrected chi connectivity index (χ1v) is 8.34. The van der Waals surface area contributed by atoms with E-state index in [0.717, 1.165) is 45.7 Å². The summed E-state index contributed by atoms with van der Waals surface area (Å²) in [5.74, 6) is 0.827. The van der Waals surface area contributed by atoms with Crippen LogP contribution in [0.4, 0.5) is 0 Å². The third-order valence-corrected chi connectivity index (χ3v) is 5.42. The van der Waals surface area contributed by atoms with Crippen LogP contribution in [0.3, 0.4) is 0 Å². The van der Waals surface area contributed by atoms with E-state index in [4.69, 9.17) is 4.74 Å². The average Bonchev–Trinajstić information content (AvgIpc) is 3.24. The zero-order chi connectivity index (χ0) is 15.1. The van der Waals surface area contributed by atoms with Crippen LogP contribution in [0, 0.1) is 5.92 Å². The monoisotopic (exact) mass is 304 g/mol. The lowest BCUT2D eigenvalue weighted by Gasteiger charge is -2.27. The van der Waals surface area contributed by atoms with E-state index in [0.29, 0.717) is 23.6 Å². The molecule has 4 rings (SSSR count). The predicted octanol–water partition coefficient (Wildman–Crippen LogP) is 0.745. The molecular weight excluding hydrogens is 280 g/mol. The third-order valence-electron chi connectivity index (χ3n) is 5.42. The van der Waals surface area contributed by atoms with E-state index in [1.165, 1.54) is 6.42 Å². The molecule has 1 amide bonds. The molecule has 3 saturated heterocycles. The van der Waals surface area contributed by atoms with Gasteiger partial charge in [0, 0.05) is 51.6 Å². The number of aryl methyl sites for hydroxylation is 1. The molecule has 3 aliphatic rings. The van der Waals surface area contributed by atoms with Crippen molar-refractivity contribution in [3.63, 3.8) is 0 Å². The molecule has 6 heteroatoms. The molecule has 22 heavy (non-hydrogen) atoms. The van der Waals surface area contributed by atoms with Crippen LogP contribution in [-0.4, -0.2) is 70.4 Å². The highest BCUT2D eigenvalue weighted by Gasteiger charge is 2.45. The van der Waals surface area contributed by atoms with Gasteiger partial charge >= 0.3 is 0 Å². The zero-order valence-corrected chi connectivity index (χ0v) is 13.1. The average molecular weight is 304 g/mol. The van der Waals surface area contributed by atoms with Crippen LogP contribution in [0.15, 0.2) is 12.4 Å².